The molecule has 1 fully saturated rings. The van der Waals surface area contributed by atoms with Crippen LogP contribution < -0.4 is 4.72 Å². The molecule has 0 spiro atoms. The van der Waals surface area contributed by atoms with Gasteiger partial charge in [-0.2, -0.15) is 5.10 Å². The van der Waals surface area contributed by atoms with E-state index in [4.69, 9.17) is 0 Å². The van der Waals surface area contributed by atoms with E-state index in [0.29, 0.717) is 24.0 Å². The van der Waals surface area contributed by atoms with Crippen molar-refractivity contribution in [1.82, 2.24) is 14.5 Å². The fourth-order valence-electron chi connectivity index (χ4n) is 2.99. The van der Waals surface area contributed by atoms with E-state index < -0.39 is 28.0 Å². The van der Waals surface area contributed by atoms with Gasteiger partial charge in [-0.25, -0.2) is 17.5 Å². The fourth-order valence-corrected chi connectivity index (χ4v) is 4.44. The summed E-state index contributed by atoms with van der Waals surface area (Å²) < 4.78 is 43.5. The van der Waals surface area contributed by atoms with Crippen LogP contribution in [0.2, 0.25) is 0 Å². The van der Waals surface area contributed by atoms with Gasteiger partial charge < -0.3 is 5.11 Å². The Morgan fingerprint density at radius 1 is 1.42 bits per heavy atom. The molecule has 24 heavy (non-hydrogen) atoms. The number of benzene rings is 1. The molecule has 2 N–H and O–H groups in total. The summed E-state index contributed by atoms with van der Waals surface area (Å²) in [6.07, 6.45) is 3.89. The van der Waals surface area contributed by atoms with Gasteiger partial charge in [0, 0.05) is 18.8 Å². The molecule has 0 amide bonds. The molecule has 8 heteroatoms. The average Bonchev–Trinajstić information content (AvgIpc) is 2.91. The summed E-state index contributed by atoms with van der Waals surface area (Å²) in [6.45, 7) is 1.71. The lowest BCUT2D eigenvalue weighted by Crippen LogP contribution is -2.41. The predicted molar refractivity (Wildman–Crippen MR) is 86.1 cm³/mol. The summed E-state index contributed by atoms with van der Waals surface area (Å²) in [4.78, 5) is -0.365. The van der Waals surface area contributed by atoms with Crippen LogP contribution >= 0.6 is 0 Å². The fraction of sp³-hybridized carbons (Fsp3) is 0.438. The van der Waals surface area contributed by atoms with Crippen LogP contribution in [0.15, 0.2) is 35.5 Å². The van der Waals surface area contributed by atoms with Gasteiger partial charge in [0.25, 0.3) is 0 Å². The number of sulfonamides is 1. The zero-order chi connectivity index (χ0) is 17.5. The number of hydrogen-bond donors (Lipinski definition) is 2. The van der Waals surface area contributed by atoms with Gasteiger partial charge in [0.1, 0.15) is 10.7 Å². The van der Waals surface area contributed by atoms with Crippen LogP contribution in [0.5, 0.6) is 0 Å². The maximum absolute atomic E-state index is 14.0. The smallest absolute Gasteiger partial charge is 0.244 e. The van der Waals surface area contributed by atoms with Crippen molar-refractivity contribution in [1.29, 1.82) is 0 Å². The van der Waals surface area contributed by atoms with Gasteiger partial charge in [-0.05, 0) is 43.4 Å². The molecule has 0 unspecified atom stereocenters. The third-order valence-corrected chi connectivity index (χ3v) is 5.82. The highest BCUT2D eigenvalue weighted by Crippen LogP contribution is 2.38. The molecule has 130 valence electrons. The zero-order valence-corrected chi connectivity index (χ0v) is 14.3. The van der Waals surface area contributed by atoms with Gasteiger partial charge in [0.05, 0.1) is 18.3 Å². The molecule has 0 saturated heterocycles. The second kappa shape index (κ2) is 6.27. The second-order valence-corrected chi connectivity index (χ2v) is 8.05. The Balaban J connectivity index is 1.93. The normalized spacial score (nSPS) is 22.2. The molecule has 1 heterocycles. The topological polar surface area (TPSA) is 84.2 Å². The summed E-state index contributed by atoms with van der Waals surface area (Å²) in [5, 5.41) is 13.6. The molecule has 0 radical (unpaired) electrons. The predicted octanol–water partition coefficient (Wildman–Crippen LogP) is 1.66. The van der Waals surface area contributed by atoms with Gasteiger partial charge in [0.2, 0.25) is 10.0 Å². The highest BCUT2D eigenvalue weighted by atomic mass is 32.2. The van der Waals surface area contributed by atoms with Gasteiger partial charge >= 0.3 is 0 Å². The second-order valence-electron chi connectivity index (χ2n) is 6.37. The van der Waals surface area contributed by atoms with Gasteiger partial charge in [-0.1, -0.05) is 6.07 Å². The number of nitrogens with zero attached hydrogens (tertiary/aromatic N) is 2. The molecule has 1 aliphatic carbocycles. The summed E-state index contributed by atoms with van der Waals surface area (Å²) in [7, 11) is -2.29. The van der Waals surface area contributed by atoms with Crippen molar-refractivity contribution in [2.24, 2.45) is 13.0 Å². The maximum Gasteiger partial charge on any atom is 0.244 e. The molecule has 1 saturated carbocycles. The first-order valence-corrected chi connectivity index (χ1v) is 9.19. The van der Waals surface area contributed by atoms with Crippen LogP contribution in [0.25, 0.3) is 0 Å². The summed E-state index contributed by atoms with van der Waals surface area (Å²) in [5.41, 5.74) is 1.36. The third-order valence-electron chi connectivity index (χ3n) is 4.36. The van der Waals surface area contributed by atoms with Crippen LogP contribution in [-0.4, -0.2) is 29.4 Å². The largest absolute Gasteiger partial charge is 0.393 e. The standard InChI is InChI=1S/C16H20FN3O3S/c1-10-3-4-14(17)15(5-10)24(22,23)19-16(11-6-13(21)7-11)12-8-18-20(2)9-12/h3-5,8-9,11,13,16,19,21H,6-7H2,1-2H3/t11?,13?,16-/m1/s1. The molecule has 2 aromatic rings. The van der Waals surface area contributed by atoms with E-state index >= 15 is 0 Å². The number of rotatable bonds is 5. The van der Waals surface area contributed by atoms with Crippen molar-refractivity contribution in [3.05, 3.63) is 47.5 Å². The Kier molecular flexibility index (Phi) is 4.46. The van der Waals surface area contributed by atoms with E-state index in [1.165, 1.54) is 12.1 Å². The maximum atomic E-state index is 14.0. The average molecular weight is 353 g/mol. The lowest BCUT2D eigenvalue weighted by Gasteiger charge is -2.37. The van der Waals surface area contributed by atoms with Gasteiger partial charge in [-0.15, -0.1) is 0 Å². The van der Waals surface area contributed by atoms with E-state index in [0.717, 1.165) is 6.07 Å². The highest BCUT2D eigenvalue weighted by Gasteiger charge is 2.38. The number of halogens is 1. The Morgan fingerprint density at radius 3 is 2.71 bits per heavy atom. The quantitative estimate of drug-likeness (QED) is 0.856. The first-order valence-electron chi connectivity index (χ1n) is 7.71. The number of aryl methyl sites for hydroxylation is 2. The number of aliphatic hydroxyl groups excluding tert-OH is 1. The Bertz CT molecular complexity index is 844. The minimum atomic E-state index is -4.03. The lowest BCUT2D eigenvalue weighted by atomic mass is 9.76. The monoisotopic (exact) mass is 353 g/mol. The SMILES string of the molecule is Cc1ccc(F)c(S(=O)(=O)N[C@@H](c2cnn(C)c2)C2CC(O)C2)c1. The van der Waals surface area contributed by atoms with E-state index in [9.17, 15) is 17.9 Å². The first kappa shape index (κ1) is 17.1. The number of nitrogens with one attached hydrogen (secondary N) is 1. The molecule has 6 nitrogen and oxygen atoms in total. The first-order chi connectivity index (χ1) is 11.3. The Labute approximate surface area is 140 Å². The Hall–Kier alpha value is -1.77. The molecular weight excluding hydrogens is 333 g/mol. The lowest BCUT2D eigenvalue weighted by molar-refractivity contribution is 0.0280. The highest BCUT2D eigenvalue weighted by molar-refractivity contribution is 7.89. The van der Waals surface area contributed by atoms with Gasteiger partial charge in [-0.3, -0.25) is 4.68 Å². The van der Waals surface area contributed by atoms with Crippen molar-refractivity contribution in [3.8, 4) is 0 Å². The van der Waals surface area contributed by atoms with E-state index in [-0.39, 0.29) is 10.8 Å². The molecule has 1 aromatic carbocycles. The van der Waals surface area contributed by atoms with E-state index in [2.05, 4.69) is 9.82 Å². The van der Waals surface area contributed by atoms with Gasteiger partial charge in [0.15, 0.2) is 0 Å². The zero-order valence-electron chi connectivity index (χ0n) is 13.5. The van der Waals surface area contributed by atoms with Crippen LogP contribution in [-0.2, 0) is 17.1 Å². The number of hydrogen-bond acceptors (Lipinski definition) is 4. The summed E-state index contributed by atoms with van der Waals surface area (Å²) in [5.74, 6) is -0.835. The van der Waals surface area contributed by atoms with E-state index in [1.807, 2.05) is 0 Å². The molecule has 1 atom stereocenters. The molecule has 1 aromatic heterocycles. The Morgan fingerprint density at radius 2 is 2.12 bits per heavy atom. The van der Waals surface area contributed by atoms with Crippen molar-refractivity contribution >= 4 is 10.0 Å². The summed E-state index contributed by atoms with van der Waals surface area (Å²) in [6, 6.07) is 3.44. The molecule has 0 bridgehead atoms. The molecule has 3 rings (SSSR count). The van der Waals surface area contributed by atoms with Crippen molar-refractivity contribution in [2.75, 3.05) is 0 Å². The van der Waals surface area contributed by atoms with Crippen molar-refractivity contribution < 1.29 is 17.9 Å². The molecule has 0 aliphatic heterocycles. The van der Waals surface area contributed by atoms with Crippen LogP contribution in [0, 0.1) is 18.7 Å². The molecule has 1 aliphatic rings. The third kappa shape index (κ3) is 3.35. The van der Waals surface area contributed by atoms with Crippen molar-refractivity contribution in [2.45, 2.75) is 36.8 Å². The minimum Gasteiger partial charge on any atom is -0.393 e. The van der Waals surface area contributed by atoms with Crippen molar-refractivity contribution in [3.63, 3.8) is 0 Å². The minimum absolute atomic E-state index is 0.0492. The summed E-state index contributed by atoms with van der Waals surface area (Å²) >= 11 is 0. The number of aromatic nitrogens is 2. The molecular formula is C16H20FN3O3S. The van der Waals surface area contributed by atoms with Crippen LogP contribution in [0.1, 0.15) is 30.0 Å². The van der Waals surface area contributed by atoms with Crippen LogP contribution in [0.4, 0.5) is 4.39 Å². The number of aliphatic hydroxyl groups is 1. The van der Waals surface area contributed by atoms with Crippen LogP contribution in [0.3, 0.4) is 0 Å². The van der Waals surface area contributed by atoms with E-state index in [1.54, 1.807) is 31.0 Å².